The molecule has 0 fully saturated rings. The number of benzene rings is 2. The van der Waals surface area contributed by atoms with Crippen molar-refractivity contribution in [3.63, 3.8) is 0 Å². The third-order valence-corrected chi connectivity index (χ3v) is 3.45. The van der Waals surface area contributed by atoms with E-state index in [0.717, 1.165) is 34.5 Å². The maximum absolute atomic E-state index is 9.12. The number of hydrogen-bond acceptors (Lipinski definition) is 3. The molecule has 2 aromatic rings. The first-order valence-electron chi connectivity index (χ1n) is 6.88. The van der Waals surface area contributed by atoms with Gasteiger partial charge in [0.25, 0.3) is 0 Å². The van der Waals surface area contributed by atoms with E-state index in [0.29, 0.717) is 12.1 Å². The van der Waals surface area contributed by atoms with Gasteiger partial charge in [-0.1, -0.05) is 35.0 Å². The second kappa shape index (κ2) is 7.70. The molecule has 0 heterocycles. The predicted octanol–water partition coefficient (Wildman–Crippen LogP) is 4.72. The number of rotatable bonds is 6. The fourth-order valence-corrected chi connectivity index (χ4v) is 2.28. The van der Waals surface area contributed by atoms with Crippen molar-refractivity contribution < 1.29 is 4.74 Å². The SMILES string of the molecule is CCCOc1cccc(CNc2cc(Br)ccc2C#N)c1. The van der Waals surface area contributed by atoms with Crippen molar-refractivity contribution in [2.45, 2.75) is 19.9 Å². The molecule has 1 N–H and O–H groups in total. The minimum atomic E-state index is 0.636. The summed E-state index contributed by atoms with van der Waals surface area (Å²) >= 11 is 3.42. The quantitative estimate of drug-likeness (QED) is 0.824. The van der Waals surface area contributed by atoms with Gasteiger partial charge < -0.3 is 10.1 Å². The number of nitrogens with zero attached hydrogens (tertiary/aromatic N) is 1. The van der Waals surface area contributed by atoms with Crippen molar-refractivity contribution >= 4 is 21.6 Å². The molecule has 0 amide bonds. The average molecular weight is 345 g/mol. The molecule has 0 aliphatic carbocycles. The van der Waals surface area contributed by atoms with Crippen LogP contribution < -0.4 is 10.1 Å². The summed E-state index contributed by atoms with van der Waals surface area (Å²) in [5.41, 5.74) is 2.58. The largest absolute Gasteiger partial charge is 0.494 e. The summed E-state index contributed by atoms with van der Waals surface area (Å²) in [6.07, 6.45) is 0.992. The summed E-state index contributed by atoms with van der Waals surface area (Å²) in [7, 11) is 0. The Morgan fingerprint density at radius 2 is 2.10 bits per heavy atom. The Kier molecular flexibility index (Phi) is 5.65. The van der Waals surface area contributed by atoms with Crippen molar-refractivity contribution in [3.8, 4) is 11.8 Å². The number of ether oxygens (including phenoxy) is 1. The fourth-order valence-electron chi connectivity index (χ4n) is 1.92. The van der Waals surface area contributed by atoms with Gasteiger partial charge in [-0.25, -0.2) is 0 Å². The summed E-state index contributed by atoms with van der Waals surface area (Å²) in [6, 6.07) is 15.8. The minimum Gasteiger partial charge on any atom is -0.494 e. The molecule has 2 aromatic carbocycles. The lowest BCUT2D eigenvalue weighted by Crippen LogP contribution is -2.02. The van der Waals surface area contributed by atoms with Crippen molar-refractivity contribution in [1.29, 1.82) is 5.26 Å². The molecule has 0 aliphatic heterocycles. The van der Waals surface area contributed by atoms with Crippen LogP contribution in [0.25, 0.3) is 0 Å². The highest BCUT2D eigenvalue weighted by atomic mass is 79.9. The smallest absolute Gasteiger partial charge is 0.119 e. The first-order valence-corrected chi connectivity index (χ1v) is 7.67. The Morgan fingerprint density at radius 3 is 2.86 bits per heavy atom. The van der Waals surface area contributed by atoms with Gasteiger partial charge in [-0.15, -0.1) is 0 Å². The summed E-state index contributed by atoms with van der Waals surface area (Å²) in [4.78, 5) is 0. The van der Waals surface area contributed by atoms with Crippen molar-refractivity contribution in [3.05, 3.63) is 58.1 Å². The lowest BCUT2D eigenvalue weighted by atomic mass is 10.1. The molecule has 0 radical (unpaired) electrons. The van der Waals surface area contributed by atoms with Crippen LogP contribution in [-0.2, 0) is 6.54 Å². The first-order chi connectivity index (χ1) is 10.2. The standard InChI is InChI=1S/C17H17BrN2O/c1-2-8-21-16-5-3-4-13(9-16)12-20-17-10-15(18)7-6-14(17)11-19/h3-7,9-10,20H,2,8,12H2,1H3. The molecular weight excluding hydrogens is 328 g/mol. The summed E-state index contributed by atoms with van der Waals surface area (Å²) in [6.45, 7) is 3.46. The molecule has 0 saturated heterocycles. The van der Waals surface area contributed by atoms with E-state index >= 15 is 0 Å². The monoisotopic (exact) mass is 344 g/mol. The predicted molar refractivity (Wildman–Crippen MR) is 88.4 cm³/mol. The highest BCUT2D eigenvalue weighted by Crippen LogP contribution is 2.22. The van der Waals surface area contributed by atoms with Crippen LogP contribution in [0.15, 0.2) is 46.9 Å². The molecule has 0 aromatic heterocycles. The Hall–Kier alpha value is -1.99. The van der Waals surface area contributed by atoms with E-state index in [1.54, 1.807) is 6.07 Å². The fraction of sp³-hybridized carbons (Fsp3) is 0.235. The first kappa shape index (κ1) is 15.4. The molecule has 108 valence electrons. The molecule has 0 spiro atoms. The zero-order valence-electron chi connectivity index (χ0n) is 11.9. The van der Waals surface area contributed by atoms with Crippen LogP contribution in [0.5, 0.6) is 5.75 Å². The molecule has 0 saturated carbocycles. The molecule has 21 heavy (non-hydrogen) atoms. The highest BCUT2D eigenvalue weighted by molar-refractivity contribution is 9.10. The lowest BCUT2D eigenvalue weighted by Gasteiger charge is -2.10. The highest BCUT2D eigenvalue weighted by Gasteiger charge is 2.03. The minimum absolute atomic E-state index is 0.636. The Bertz CT molecular complexity index is 649. The van der Waals surface area contributed by atoms with Crippen molar-refractivity contribution in [1.82, 2.24) is 0 Å². The van der Waals surface area contributed by atoms with Crippen molar-refractivity contribution in [2.24, 2.45) is 0 Å². The van der Waals surface area contributed by atoms with E-state index in [9.17, 15) is 0 Å². The lowest BCUT2D eigenvalue weighted by molar-refractivity contribution is 0.317. The normalized spacial score (nSPS) is 9.95. The summed E-state index contributed by atoms with van der Waals surface area (Å²) in [5, 5.41) is 12.4. The molecule has 0 atom stereocenters. The van der Waals surface area contributed by atoms with Gasteiger partial charge in [0.2, 0.25) is 0 Å². The molecule has 0 unspecified atom stereocenters. The third kappa shape index (κ3) is 4.51. The van der Waals surface area contributed by atoms with Gasteiger partial charge in [0.1, 0.15) is 11.8 Å². The van der Waals surface area contributed by atoms with Crippen LogP contribution in [-0.4, -0.2) is 6.61 Å². The second-order valence-electron chi connectivity index (χ2n) is 4.65. The Labute approximate surface area is 133 Å². The number of nitrogens with one attached hydrogen (secondary N) is 1. The molecular formula is C17H17BrN2O. The maximum atomic E-state index is 9.12. The van der Waals surface area contributed by atoms with E-state index in [-0.39, 0.29) is 0 Å². The molecule has 3 nitrogen and oxygen atoms in total. The van der Waals surface area contributed by atoms with Gasteiger partial charge in [-0.3, -0.25) is 0 Å². The summed E-state index contributed by atoms with van der Waals surface area (Å²) in [5.74, 6) is 0.880. The van der Waals surface area contributed by atoms with Crippen LogP contribution >= 0.6 is 15.9 Å². The topological polar surface area (TPSA) is 45.0 Å². The van der Waals surface area contributed by atoms with Crippen LogP contribution in [0.2, 0.25) is 0 Å². The average Bonchev–Trinajstić information content (AvgIpc) is 2.51. The van der Waals surface area contributed by atoms with Gasteiger partial charge in [-0.2, -0.15) is 5.26 Å². The maximum Gasteiger partial charge on any atom is 0.119 e. The van der Waals surface area contributed by atoms with Crippen LogP contribution in [0, 0.1) is 11.3 Å². The van der Waals surface area contributed by atoms with Gasteiger partial charge in [0.05, 0.1) is 17.9 Å². The number of nitriles is 1. The third-order valence-electron chi connectivity index (χ3n) is 2.96. The van der Waals surface area contributed by atoms with Gasteiger partial charge in [0.15, 0.2) is 0 Å². The van der Waals surface area contributed by atoms with E-state index < -0.39 is 0 Å². The number of anilines is 1. The molecule has 2 rings (SSSR count). The van der Waals surface area contributed by atoms with Crippen LogP contribution in [0.1, 0.15) is 24.5 Å². The molecule has 0 aliphatic rings. The molecule has 0 bridgehead atoms. The van der Waals surface area contributed by atoms with E-state index in [1.807, 2.05) is 36.4 Å². The van der Waals surface area contributed by atoms with E-state index in [2.05, 4.69) is 34.2 Å². The van der Waals surface area contributed by atoms with Gasteiger partial charge >= 0.3 is 0 Å². The number of halogens is 1. The Morgan fingerprint density at radius 1 is 1.24 bits per heavy atom. The van der Waals surface area contributed by atoms with Gasteiger partial charge in [-0.05, 0) is 42.3 Å². The Balaban J connectivity index is 2.06. The van der Waals surface area contributed by atoms with Gasteiger partial charge in [0, 0.05) is 11.0 Å². The van der Waals surface area contributed by atoms with Crippen molar-refractivity contribution in [2.75, 3.05) is 11.9 Å². The van der Waals surface area contributed by atoms with Crippen LogP contribution in [0.3, 0.4) is 0 Å². The van der Waals surface area contributed by atoms with E-state index in [1.165, 1.54) is 0 Å². The van der Waals surface area contributed by atoms with E-state index in [4.69, 9.17) is 10.00 Å². The molecule has 4 heteroatoms. The zero-order valence-corrected chi connectivity index (χ0v) is 13.5. The number of hydrogen-bond donors (Lipinski definition) is 1. The van der Waals surface area contributed by atoms with Crippen LogP contribution in [0.4, 0.5) is 5.69 Å². The summed E-state index contributed by atoms with van der Waals surface area (Å²) < 4.78 is 6.57. The zero-order chi connectivity index (χ0) is 15.1. The second-order valence-corrected chi connectivity index (χ2v) is 5.57.